The van der Waals surface area contributed by atoms with Crippen LogP contribution in [0.25, 0.3) is 0 Å². The Morgan fingerprint density at radius 1 is 1.06 bits per heavy atom. The topological polar surface area (TPSA) is 75.3 Å². The highest BCUT2D eigenvalue weighted by atomic mass is 32.2. The van der Waals surface area contributed by atoms with Crippen LogP contribution in [-0.4, -0.2) is 8.76 Å². The molecule has 4 nitrogen and oxygen atoms in total. The summed E-state index contributed by atoms with van der Waals surface area (Å²) in [4.78, 5) is 0.450. The molecule has 1 unspecified atom stereocenters. The molecule has 18 heavy (non-hydrogen) atoms. The third kappa shape index (κ3) is 5.09. The molecule has 4 N–H and O–H groups in total. The van der Waals surface area contributed by atoms with Crippen molar-refractivity contribution < 1.29 is 8.76 Å². The van der Waals surface area contributed by atoms with Gasteiger partial charge in [-0.05, 0) is 31.2 Å². The van der Waals surface area contributed by atoms with Gasteiger partial charge in [-0.2, -0.15) is 0 Å². The summed E-state index contributed by atoms with van der Waals surface area (Å²) in [5.74, 6) is 5.10. The Bertz CT molecular complexity index is 486. The average molecular weight is 264 g/mol. The molecule has 0 radical (unpaired) electrons. The third-order valence-corrected chi connectivity index (χ3v) is 2.84. The number of hydrazine groups is 1. The van der Waals surface area contributed by atoms with Gasteiger partial charge in [0.1, 0.15) is 0 Å². The van der Waals surface area contributed by atoms with Crippen molar-refractivity contribution in [2.75, 3.05) is 5.43 Å². The lowest BCUT2D eigenvalue weighted by Gasteiger charge is -1.94. The minimum atomic E-state index is -1.84. The molecule has 0 aliphatic carbocycles. The van der Waals surface area contributed by atoms with E-state index in [1.54, 1.807) is 12.1 Å². The van der Waals surface area contributed by atoms with Crippen LogP contribution in [0.4, 0.5) is 5.69 Å². The van der Waals surface area contributed by atoms with Crippen LogP contribution in [0.15, 0.2) is 59.5 Å². The van der Waals surface area contributed by atoms with Crippen LogP contribution >= 0.6 is 0 Å². The molecule has 0 aliphatic heterocycles. The number of aryl methyl sites for hydroxylation is 1. The number of hydrogen-bond acceptors (Lipinski definition) is 3. The van der Waals surface area contributed by atoms with E-state index in [4.69, 9.17) is 10.4 Å². The zero-order valence-electron chi connectivity index (χ0n) is 10.0. The van der Waals surface area contributed by atoms with Crippen molar-refractivity contribution >= 4 is 16.8 Å². The first-order valence-electron chi connectivity index (χ1n) is 5.32. The molecule has 96 valence electrons. The van der Waals surface area contributed by atoms with Crippen LogP contribution < -0.4 is 11.3 Å². The maximum absolute atomic E-state index is 10.4. The first kappa shape index (κ1) is 14.4. The predicted octanol–water partition coefficient (Wildman–Crippen LogP) is 2.55. The van der Waals surface area contributed by atoms with Gasteiger partial charge in [0.05, 0.1) is 4.90 Å². The van der Waals surface area contributed by atoms with E-state index in [0.29, 0.717) is 4.90 Å². The molecule has 1 atom stereocenters. The van der Waals surface area contributed by atoms with Gasteiger partial charge >= 0.3 is 0 Å². The predicted molar refractivity (Wildman–Crippen MR) is 74.5 cm³/mol. The summed E-state index contributed by atoms with van der Waals surface area (Å²) in [7, 11) is 0. The smallest absolute Gasteiger partial charge is 0.186 e. The third-order valence-electron chi connectivity index (χ3n) is 2.16. The van der Waals surface area contributed by atoms with Crippen molar-refractivity contribution in [1.82, 2.24) is 0 Å². The Morgan fingerprint density at radius 3 is 2.00 bits per heavy atom. The van der Waals surface area contributed by atoms with Gasteiger partial charge in [0.2, 0.25) is 0 Å². The van der Waals surface area contributed by atoms with Crippen LogP contribution in [0.2, 0.25) is 0 Å². The van der Waals surface area contributed by atoms with E-state index in [0.717, 1.165) is 11.3 Å². The molecule has 0 heterocycles. The van der Waals surface area contributed by atoms with Gasteiger partial charge in [-0.3, -0.25) is 5.84 Å². The lowest BCUT2D eigenvalue weighted by Crippen LogP contribution is -2.05. The molecule has 2 aromatic carbocycles. The highest BCUT2D eigenvalue weighted by Crippen LogP contribution is 2.05. The number of benzene rings is 2. The van der Waals surface area contributed by atoms with E-state index in [9.17, 15) is 4.21 Å². The summed E-state index contributed by atoms with van der Waals surface area (Å²) in [6.45, 7) is 1.93. The van der Waals surface area contributed by atoms with Crippen molar-refractivity contribution in [2.45, 2.75) is 11.8 Å². The zero-order valence-corrected chi connectivity index (χ0v) is 10.9. The minimum absolute atomic E-state index is 0.450. The summed E-state index contributed by atoms with van der Waals surface area (Å²) in [5, 5.41) is 0. The monoisotopic (exact) mass is 264 g/mol. The fraction of sp³-hybridized carbons (Fsp3) is 0.0769. The second kappa shape index (κ2) is 7.60. The lowest BCUT2D eigenvalue weighted by molar-refractivity contribution is 0.564. The van der Waals surface area contributed by atoms with Crippen molar-refractivity contribution in [1.29, 1.82) is 0 Å². The molecule has 0 saturated carbocycles. The summed E-state index contributed by atoms with van der Waals surface area (Å²) in [6.07, 6.45) is 0. The molecule has 0 amide bonds. The fourth-order valence-corrected chi connectivity index (χ4v) is 1.56. The van der Waals surface area contributed by atoms with Crippen molar-refractivity contribution in [3.8, 4) is 0 Å². The average Bonchev–Trinajstić information content (AvgIpc) is 2.41. The number of para-hydroxylation sites is 1. The first-order chi connectivity index (χ1) is 8.63. The summed E-state index contributed by atoms with van der Waals surface area (Å²) < 4.78 is 19.0. The Labute approximate surface area is 109 Å². The molecule has 2 rings (SSSR count). The van der Waals surface area contributed by atoms with Gasteiger partial charge in [0, 0.05) is 5.69 Å². The van der Waals surface area contributed by atoms with Gasteiger partial charge in [-0.15, -0.1) is 0 Å². The van der Waals surface area contributed by atoms with Crippen LogP contribution in [-0.2, 0) is 11.1 Å². The highest BCUT2D eigenvalue weighted by molar-refractivity contribution is 7.79. The number of nitrogens with two attached hydrogens (primary N) is 1. The summed E-state index contributed by atoms with van der Waals surface area (Å²) in [6, 6.07) is 16.5. The lowest BCUT2D eigenvalue weighted by atomic mass is 10.2. The molecule has 0 saturated heterocycles. The van der Waals surface area contributed by atoms with E-state index >= 15 is 0 Å². The fourth-order valence-electron chi connectivity index (χ4n) is 1.19. The molecule has 5 heteroatoms. The van der Waals surface area contributed by atoms with Gasteiger partial charge in [-0.25, -0.2) is 4.21 Å². The number of anilines is 1. The van der Waals surface area contributed by atoms with E-state index < -0.39 is 11.1 Å². The van der Waals surface area contributed by atoms with Crippen molar-refractivity contribution in [2.24, 2.45) is 5.84 Å². The molecular weight excluding hydrogens is 248 g/mol. The van der Waals surface area contributed by atoms with Gasteiger partial charge in [-0.1, -0.05) is 35.9 Å². The molecule has 0 bridgehead atoms. The number of nitrogens with one attached hydrogen (secondary N) is 1. The van der Waals surface area contributed by atoms with Crippen molar-refractivity contribution in [3.63, 3.8) is 0 Å². The Balaban J connectivity index is 0.000000184. The van der Waals surface area contributed by atoms with Crippen LogP contribution in [0, 0.1) is 6.92 Å². The minimum Gasteiger partial charge on any atom is -0.324 e. The molecule has 2 aromatic rings. The molecule has 0 spiro atoms. The largest absolute Gasteiger partial charge is 0.324 e. The Hall–Kier alpha value is -1.69. The van der Waals surface area contributed by atoms with Gasteiger partial charge in [0.15, 0.2) is 11.1 Å². The number of nitrogen functional groups attached to an aromatic ring is 1. The zero-order chi connectivity index (χ0) is 13.4. The Morgan fingerprint density at radius 2 is 1.61 bits per heavy atom. The van der Waals surface area contributed by atoms with E-state index in [1.807, 2.05) is 49.4 Å². The molecule has 0 fully saturated rings. The number of hydrogen-bond donors (Lipinski definition) is 3. The van der Waals surface area contributed by atoms with Gasteiger partial charge < -0.3 is 9.98 Å². The SMILES string of the molecule is Cc1ccc(S(=O)O)cc1.NNc1ccccc1. The van der Waals surface area contributed by atoms with Gasteiger partial charge in [0.25, 0.3) is 0 Å². The molecule has 0 aliphatic rings. The normalized spacial score (nSPS) is 11.1. The van der Waals surface area contributed by atoms with Crippen LogP contribution in [0.3, 0.4) is 0 Å². The Kier molecular flexibility index (Phi) is 6.07. The second-order valence-electron chi connectivity index (χ2n) is 3.57. The van der Waals surface area contributed by atoms with E-state index in [-0.39, 0.29) is 0 Å². The quantitative estimate of drug-likeness (QED) is 0.442. The molecule has 0 aromatic heterocycles. The summed E-state index contributed by atoms with van der Waals surface area (Å²) in [5.41, 5.74) is 4.56. The van der Waals surface area contributed by atoms with Crippen LogP contribution in [0.1, 0.15) is 5.56 Å². The highest BCUT2D eigenvalue weighted by Gasteiger charge is 1.95. The maximum atomic E-state index is 10.4. The number of rotatable bonds is 2. The first-order valence-corrected chi connectivity index (χ1v) is 6.43. The maximum Gasteiger partial charge on any atom is 0.186 e. The standard InChI is InChI=1S/C7H8O2S.C6H8N2/c1-6-2-4-7(5-3-6)10(8)9;7-8-6-4-2-1-3-5-6/h2-5H,1H3,(H,8,9);1-5,8H,7H2. The molecular formula is C13H16N2O2S. The van der Waals surface area contributed by atoms with E-state index in [2.05, 4.69) is 5.43 Å². The van der Waals surface area contributed by atoms with Crippen LogP contribution in [0.5, 0.6) is 0 Å². The summed E-state index contributed by atoms with van der Waals surface area (Å²) >= 11 is -1.84. The second-order valence-corrected chi connectivity index (χ2v) is 4.54. The van der Waals surface area contributed by atoms with Crippen molar-refractivity contribution in [3.05, 3.63) is 60.2 Å². The van der Waals surface area contributed by atoms with E-state index in [1.165, 1.54) is 0 Å².